The molecule has 0 aliphatic rings. The fourth-order valence-electron chi connectivity index (χ4n) is 2.02. The smallest absolute Gasteiger partial charge is 0.227 e. The Morgan fingerprint density at radius 2 is 2.05 bits per heavy atom. The second-order valence-electron chi connectivity index (χ2n) is 4.70. The van der Waals surface area contributed by atoms with Crippen molar-refractivity contribution in [1.29, 1.82) is 0 Å². The number of anilines is 1. The molecule has 1 heterocycles. The number of nitrogen functional groups attached to an aromatic ring is 1. The van der Waals surface area contributed by atoms with Gasteiger partial charge in [0.15, 0.2) is 0 Å². The van der Waals surface area contributed by atoms with Crippen LogP contribution >= 0.6 is 0 Å². The molecular weight excluding hydrogens is 252 g/mol. The van der Waals surface area contributed by atoms with Crippen LogP contribution < -0.4 is 16.0 Å². The van der Waals surface area contributed by atoms with E-state index in [1.165, 1.54) is 11.9 Å². The molecule has 1 aromatic heterocycles. The average Bonchev–Trinajstić information content (AvgIpc) is 2.46. The van der Waals surface area contributed by atoms with Gasteiger partial charge in [0, 0.05) is 0 Å². The molecule has 0 saturated carbocycles. The SMILES string of the molecule is CCCc1c(NN)ncnc1Oc1cccc(C)c1C. The molecule has 0 aliphatic carbocycles. The Morgan fingerprint density at radius 1 is 1.25 bits per heavy atom. The first-order valence-electron chi connectivity index (χ1n) is 6.72. The van der Waals surface area contributed by atoms with E-state index in [1.807, 2.05) is 19.1 Å². The summed E-state index contributed by atoms with van der Waals surface area (Å²) < 4.78 is 5.97. The molecule has 106 valence electrons. The van der Waals surface area contributed by atoms with Crippen LogP contribution in [0.2, 0.25) is 0 Å². The van der Waals surface area contributed by atoms with Gasteiger partial charge in [0.1, 0.15) is 17.9 Å². The van der Waals surface area contributed by atoms with Gasteiger partial charge in [0.25, 0.3) is 0 Å². The molecule has 5 nitrogen and oxygen atoms in total. The number of hydrazine groups is 1. The number of nitrogens with one attached hydrogen (secondary N) is 1. The molecule has 2 aromatic rings. The van der Waals surface area contributed by atoms with Crippen molar-refractivity contribution in [3.63, 3.8) is 0 Å². The third-order valence-corrected chi connectivity index (χ3v) is 3.30. The molecule has 3 N–H and O–H groups in total. The number of aromatic nitrogens is 2. The minimum atomic E-state index is 0.559. The summed E-state index contributed by atoms with van der Waals surface area (Å²) in [6, 6.07) is 5.97. The zero-order chi connectivity index (χ0) is 14.5. The van der Waals surface area contributed by atoms with Gasteiger partial charge in [-0.3, -0.25) is 0 Å². The van der Waals surface area contributed by atoms with E-state index in [-0.39, 0.29) is 0 Å². The van der Waals surface area contributed by atoms with E-state index in [2.05, 4.69) is 35.3 Å². The second-order valence-corrected chi connectivity index (χ2v) is 4.70. The molecule has 1 aromatic carbocycles. The highest BCUT2D eigenvalue weighted by molar-refractivity contribution is 5.50. The molecule has 5 heteroatoms. The van der Waals surface area contributed by atoms with E-state index in [0.717, 1.165) is 29.7 Å². The number of nitrogens with zero attached hydrogens (tertiary/aromatic N) is 2. The highest BCUT2D eigenvalue weighted by Gasteiger charge is 2.13. The summed E-state index contributed by atoms with van der Waals surface area (Å²) in [4.78, 5) is 8.37. The maximum atomic E-state index is 5.97. The fourth-order valence-corrected chi connectivity index (χ4v) is 2.02. The van der Waals surface area contributed by atoms with E-state index in [4.69, 9.17) is 10.6 Å². The molecule has 0 unspecified atom stereocenters. The number of rotatable bonds is 5. The minimum Gasteiger partial charge on any atom is -0.438 e. The molecule has 0 atom stereocenters. The topological polar surface area (TPSA) is 73.1 Å². The fraction of sp³-hybridized carbons (Fsp3) is 0.333. The van der Waals surface area contributed by atoms with Gasteiger partial charge in [-0.25, -0.2) is 15.8 Å². The maximum absolute atomic E-state index is 5.97. The summed E-state index contributed by atoms with van der Waals surface area (Å²) in [5.74, 6) is 7.48. The number of hydrogen-bond donors (Lipinski definition) is 2. The van der Waals surface area contributed by atoms with Crippen molar-refractivity contribution in [3.05, 3.63) is 41.2 Å². The molecule has 20 heavy (non-hydrogen) atoms. The number of ether oxygens (including phenoxy) is 1. The lowest BCUT2D eigenvalue weighted by Crippen LogP contribution is -2.12. The van der Waals surface area contributed by atoms with Gasteiger partial charge in [-0.15, -0.1) is 0 Å². The lowest BCUT2D eigenvalue weighted by Gasteiger charge is -2.14. The lowest BCUT2D eigenvalue weighted by molar-refractivity contribution is 0.450. The van der Waals surface area contributed by atoms with Gasteiger partial charge in [-0.1, -0.05) is 25.5 Å². The molecule has 0 saturated heterocycles. The Kier molecular flexibility index (Phi) is 4.53. The Labute approximate surface area is 119 Å². The number of hydrogen-bond acceptors (Lipinski definition) is 5. The molecule has 0 radical (unpaired) electrons. The van der Waals surface area contributed by atoms with Crippen molar-refractivity contribution in [1.82, 2.24) is 9.97 Å². The van der Waals surface area contributed by atoms with Gasteiger partial charge in [0.05, 0.1) is 5.56 Å². The third kappa shape index (κ3) is 2.88. The van der Waals surface area contributed by atoms with E-state index < -0.39 is 0 Å². The average molecular weight is 272 g/mol. The van der Waals surface area contributed by atoms with Gasteiger partial charge < -0.3 is 10.2 Å². The van der Waals surface area contributed by atoms with Gasteiger partial charge in [-0.2, -0.15) is 0 Å². The Balaban J connectivity index is 2.40. The lowest BCUT2D eigenvalue weighted by atomic mass is 10.1. The van der Waals surface area contributed by atoms with Crippen LogP contribution in [0.5, 0.6) is 11.6 Å². The van der Waals surface area contributed by atoms with Crippen LogP contribution in [-0.4, -0.2) is 9.97 Å². The van der Waals surface area contributed by atoms with Crippen molar-refractivity contribution >= 4 is 5.82 Å². The van der Waals surface area contributed by atoms with Crippen molar-refractivity contribution in [2.45, 2.75) is 33.6 Å². The van der Waals surface area contributed by atoms with Gasteiger partial charge >= 0.3 is 0 Å². The Bertz CT molecular complexity index is 598. The summed E-state index contributed by atoms with van der Waals surface area (Å²) >= 11 is 0. The molecule has 0 amide bonds. The van der Waals surface area contributed by atoms with Crippen LogP contribution in [0.15, 0.2) is 24.5 Å². The first-order chi connectivity index (χ1) is 9.67. The molecule has 0 spiro atoms. The minimum absolute atomic E-state index is 0.559. The van der Waals surface area contributed by atoms with E-state index in [0.29, 0.717) is 11.7 Å². The summed E-state index contributed by atoms with van der Waals surface area (Å²) in [5, 5.41) is 0. The predicted molar refractivity (Wildman–Crippen MR) is 79.8 cm³/mol. The summed E-state index contributed by atoms with van der Waals surface area (Å²) in [7, 11) is 0. The highest BCUT2D eigenvalue weighted by atomic mass is 16.5. The molecule has 0 bridgehead atoms. The number of nitrogens with two attached hydrogens (primary N) is 1. The van der Waals surface area contributed by atoms with Crippen molar-refractivity contribution in [2.75, 3.05) is 5.43 Å². The van der Waals surface area contributed by atoms with E-state index >= 15 is 0 Å². The normalized spacial score (nSPS) is 10.4. The standard InChI is InChI=1S/C15H20N4O/c1-4-6-12-14(19-16)17-9-18-15(12)20-13-8-5-7-10(2)11(13)3/h5,7-9H,4,6,16H2,1-3H3,(H,17,18,19). The van der Waals surface area contributed by atoms with Gasteiger partial charge in [0.2, 0.25) is 5.88 Å². The molecule has 0 fully saturated rings. The second kappa shape index (κ2) is 6.34. The summed E-state index contributed by atoms with van der Waals surface area (Å²) in [5.41, 5.74) is 5.80. The summed E-state index contributed by atoms with van der Waals surface area (Å²) in [6.07, 6.45) is 3.22. The van der Waals surface area contributed by atoms with Crippen LogP contribution in [0.25, 0.3) is 0 Å². The van der Waals surface area contributed by atoms with Crippen molar-refractivity contribution < 1.29 is 4.74 Å². The first kappa shape index (κ1) is 14.3. The third-order valence-electron chi connectivity index (χ3n) is 3.30. The maximum Gasteiger partial charge on any atom is 0.227 e. The Hall–Kier alpha value is -2.14. The van der Waals surface area contributed by atoms with Crippen LogP contribution in [0.3, 0.4) is 0 Å². The molecule has 2 rings (SSSR count). The molecular formula is C15H20N4O. The zero-order valence-corrected chi connectivity index (χ0v) is 12.1. The largest absolute Gasteiger partial charge is 0.438 e. The predicted octanol–water partition coefficient (Wildman–Crippen LogP) is 3.12. The van der Waals surface area contributed by atoms with E-state index in [1.54, 1.807) is 0 Å². The van der Waals surface area contributed by atoms with Crippen LogP contribution in [-0.2, 0) is 6.42 Å². The van der Waals surface area contributed by atoms with Crippen LogP contribution in [0, 0.1) is 13.8 Å². The zero-order valence-electron chi connectivity index (χ0n) is 12.1. The quantitative estimate of drug-likeness (QED) is 0.646. The summed E-state index contributed by atoms with van der Waals surface area (Å²) in [6.45, 7) is 6.18. The number of benzene rings is 1. The van der Waals surface area contributed by atoms with Crippen molar-refractivity contribution in [2.24, 2.45) is 5.84 Å². The van der Waals surface area contributed by atoms with Crippen LogP contribution in [0.4, 0.5) is 5.82 Å². The van der Waals surface area contributed by atoms with Crippen molar-refractivity contribution in [3.8, 4) is 11.6 Å². The molecule has 0 aliphatic heterocycles. The van der Waals surface area contributed by atoms with Crippen LogP contribution in [0.1, 0.15) is 30.0 Å². The monoisotopic (exact) mass is 272 g/mol. The Morgan fingerprint density at radius 3 is 2.75 bits per heavy atom. The van der Waals surface area contributed by atoms with E-state index in [9.17, 15) is 0 Å². The number of aryl methyl sites for hydroxylation is 1. The highest BCUT2D eigenvalue weighted by Crippen LogP contribution is 2.30. The van der Waals surface area contributed by atoms with Gasteiger partial charge in [-0.05, 0) is 37.5 Å². The first-order valence-corrected chi connectivity index (χ1v) is 6.72.